The zero-order valence-electron chi connectivity index (χ0n) is 13.7. The highest BCUT2D eigenvalue weighted by molar-refractivity contribution is 6.39. The minimum absolute atomic E-state index is 0.239. The van der Waals surface area contributed by atoms with Crippen LogP contribution in [0.2, 0.25) is 0 Å². The number of methoxy groups -OCH3 is 1. The number of rotatable bonds is 6. The molecule has 0 aliphatic heterocycles. The van der Waals surface area contributed by atoms with E-state index in [4.69, 9.17) is 9.47 Å². The van der Waals surface area contributed by atoms with Crippen molar-refractivity contribution in [2.75, 3.05) is 25.6 Å². The number of ether oxygens (including phenoxy) is 2. The molecule has 0 fully saturated rings. The molecule has 0 heterocycles. The summed E-state index contributed by atoms with van der Waals surface area (Å²) in [6.07, 6.45) is 0. The summed E-state index contributed by atoms with van der Waals surface area (Å²) in [7, 11) is 1.56. The van der Waals surface area contributed by atoms with E-state index in [0.717, 1.165) is 11.3 Å². The molecule has 2 N–H and O–H groups in total. The van der Waals surface area contributed by atoms with Crippen LogP contribution in [0.3, 0.4) is 0 Å². The first-order chi connectivity index (χ1) is 11.6. The zero-order valence-corrected chi connectivity index (χ0v) is 13.7. The van der Waals surface area contributed by atoms with Gasteiger partial charge in [-0.05, 0) is 43.3 Å². The van der Waals surface area contributed by atoms with Crippen LogP contribution < -0.4 is 20.1 Å². The maximum absolute atomic E-state index is 11.8. The molecule has 126 valence electrons. The Morgan fingerprint density at radius 3 is 2.17 bits per heavy atom. The number of carbonyl (C=O) groups excluding carboxylic acids is 2. The van der Waals surface area contributed by atoms with Crippen LogP contribution in [0, 0.1) is 6.92 Å². The van der Waals surface area contributed by atoms with Gasteiger partial charge in [0.2, 0.25) is 0 Å². The van der Waals surface area contributed by atoms with Gasteiger partial charge in [0.25, 0.3) is 0 Å². The molecule has 6 nitrogen and oxygen atoms in total. The van der Waals surface area contributed by atoms with Crippen molar-refractivity contribution >= 4 is 17.5 Å². The molecule has 0 unspecified atom stereocenters. The number of hydrogen-bond donors (Lipinski definition) is 2. The van der Waals surface area contributed by atoms with E-state index in [1.165, 1.54) is 0 Å². The van der Waals surface area contributed by atoms with Crippen LogP contribution in [0.5, 0.6) is 11.5 Å². The molecular formula is C18H20N2O4. The Morgan fingerprint density at radius 1 is 0.917 bits per heavy atom. The van der Waals surface area contributed by atoms with Crippen molar-refractivity contribution in [2.45, 2.75) is 6.92 Å². The lowest BCUT2D eigenvalue weighted by atomic mass is 10.2. The molecule has 0 spiro atoms. The van der Waals surface area contributed by atoms with Crippen molar-refractivity contribution in [1.29, 1.82) is 0 Å². The Kier molecular flexibility index (Phi) is 6.19. The van der Waals surface area contributed by atoms with E-state index in [0.29, 0.717) is 11.4 Å². The SMILES string of the molecule is COc1ccc(NC(=O)C(=O)NCCOc2ccc(C)cc2)cc1. The molecule has 2 aromatic carbocycles. The number of nitrogens with one attached hydrogen (secondary N) is 2. The molecule has 2 aromatic rings. The highest BCUT2D eigenvalue weighted by Crippen LogP contribution is 2.14. The molecule has 24 heavy (non-hydrogen) atoms. The molecule has 6 heteroatoms. The van der Waals surface area contributed by atoms with Gasteiger partial charge in [0.05, 0.1) is 13.7 Å². The van der Waals surface area contributed by atoms with Crippen LogP contribution >= 0.6 is 0 Å². The van der Waals surface area contributed by atoms with E-state index >= 15 is 0 Å². The maximum Gasteiger partial charge on any atom is 0.313 e. The summed E-state index contributed by atoms with van der Waals surface area (Å²) in [6.45, 7) is 2.51. The van der Waals surface area contributed by atoms with Gasteiger partial charge in [-0.1, -0.05) is 17.7 Å². The molecule has 0 aliphatic carbocycles. The molecule has 0 radical (unpaired) electrons. The van der Waals surface area contributed by atoms with Gasteiger partial charge in [-0.2, -0.15) is 0 Å². The van der Waals surface area contributed by atoms with Crippen LogP contribution in [-0.4, -0.2) is 32.1 Å². The van der Waals surface area contributed by atoms with Gasteiger partial charge in [0.1, 0.15) is 18.1 Å². The van der Waals surface area contributed by atoms with E-state index in [2.05, 4.69) is 10.6 Å². The molecule has 0 bridgehead atoms. The summed E-state index contributed by atoms with van der Waals surface area (Å²) < 4.78 is 10.5. The first kappa shape index (κ1) is 17.3. The van der Waals surface area contributed by atoms with Crippen LogP contribution in [0.25, 0.3) is 0 Å². The van der Waals surface area contributed by atoms with E-state index in [1.54, 1.807) is 31.4 Å². The fourth-order valence-electron chi connectivity index (χ4n) is 1.91. The van der Waals surface area contributed by atoms with E-state index < -0.39 is 11.8 Å². The Morgan fingerprint density at radius 2 is 1.54 bits per heavy atom. The van der Waals surface area contributed by atoms with Gasteiger partial charge in [0.15, 0.2) is 0 Å². The third kappa shape index (κ3) is 5.31. The van der Waals surface area contributed by atoms with Gasteiger partial charge >= 0.3 is 11.8 Å². The lowest BCUT2D eigenvalue weighted by molar-refractivity contribution is -0.136. The van der Waals surface area contributed by atoms with Crippen LogP contribution in [-0.2, 0) is 9.59 Å². The molecule has 0 atom stereocenters. The Labute approximate surface area is 140 Å². The zero-order chi connectivity index (χ0) is 17.4. The highest BCUT2D eigenvalue weighted by atomic mass is 16.5. The van der Waals surface area contributed by atoms with Crippen molar-refractivity contribution in [1.82, 2.24) is 5.32 Å². The van der Waals surface area contributed by atoms with Crippen molar-refractivity contribution in [3.63, 3.8) is 0 Å². The lowest BCUT2D eigenvalue weighted by Crippen LogP contribution is -2.37. The van der Waals surface area contributed by atoms with E-state index in [1.807, 2.05) is 31.2 Å². The molecule has 0 aliphatic rings. The predicted octanol–water partition coefficient (Wildman–Crippen LogP) is 2.14. The number of anilines is 1. The normalized spacial score (nSPS) is 9.92. The third-order valence-corrected chi connectivity index (χ3v) is 3.23. The molecule has 0 saturated heterocycles. The fourth-order valence-corrected chi connectivity index (χ4v) is 1.91. The molecule has 0 aromatic heterocycles. The molecule has 0 saturated carbocycles. The van der Waals surface area contributed by atoms with Gasteiger partial charge in [0, 0.05) is 5.69 Å². The first-order valence-corrected chi connectivity index (χ1v) is 7.51. The van der Waals surface area contributed by atoms with Gasteiger partial charge in [-0.25, -0.2) is 0 Å². The largest absolute Gasteiger partial charge is 0.497 e. The fraction of sp³-hybridized carbons (Fsp3) is 0.222. The minimum atomic E-state index is -0.726. The quantitative estimate of drug-likeness (QED) is 0.629. The topological polar surface area (TPSA) is 76.7 Å². The Bertz CT molecular complexity index is 681. The molecule has 2 amide bonds. The summed E-state index contributed by atoms with van der Waals surface area (Å²) in [4.78, 5) is 23.5. The average Bonchev–Trinajstić information content (AvgIpc) is 2.60. The summed E-state index contributed by atoms with van der Waals surface area (Å²) in [5.74, 6) is -0.0444. The maximum atomic E-state index is 11.8. The predicted molar refractivity (Wildman–Crippen MR) is 91.3 cm³/mol. The van der Waals surface area contributed by atoms with E-state index in [-0.39, 0.29) is 13.2 Å². The Hall–Kier alpha value is -3.02. The summed E-state index contributed by atoms with van der Waals surface area (Å²) in [5.41, 5.74) is 1.66. The second kappa shape index (κ2) is 8.57. The van der Waals surface area contributed by atoms with E-state index in [9.17, 15) is 9.59 Å². The second-order valence-electron chi connectivity index (χ2n) is 5.10. The Balaban J connectivity index is 1.71. The van der Waals surface area contributed by atoms with Crippen molar-refractivity contribution < 1.29 is 19.1 Å². The van der Waals surface area contributed by atoms with Crippen LogP contribution in [0.4, 0.5) is 5.69 Å². The van der Waals surface area contributed by atoms with Crippen molar-refractivity contribution in [3.8, 4) is 11.5 Å². The number of benzene rings is 2. The lowest BCUT2D eigenvalue weighted by Gasteiger charge is -2.09. The summed E-state index contributed by atoms with van der Waals surface area (Å²) in [5, 5.41) is 5.02. The van der Waals surface area contributed by atoms with Gasteiger partial charge in [-0.15, -0.1) is 0 Å². The van der Waals surface area contributed by atoms with Crippen molar-refractivity contribution in [3.05, 3.63) is 54.1 Å². The summed E-state index contributed by atoms with van der Waals surface area (Å²) in [6, 6.07) is 14.3. The average molecular weight is 328 g/mol. The van der Waals surface area contributed by atoms with Gasteiger partial charge in [-0.3, -0.25) is 9.59 Å². The number of aryl methyl sites for hydroxylation is 1. The smallest absolute Gasteiger partial charge is 0.313 e. The summed E-state index contributed by atoms with van der Waals surface area (Å²) >= 11 is 0. The van der Waals surface area contributed by atoms with Crippen LogP contribution in [0.15, 0.2) is 48.5 Å². The standard InChI is InChI=1S/C18H20N2O4/c1-13-3-7-16(8-4-13)24-12-11-19-17(21)18(22)20-14-5-9-15(23-2)10-6-14/h3-10H,11-12H2,1-2H3,(H,19,21)(H,20,22). The number of amides is 2. The minimum Gasteiger partial charge on any atom is -0.497 e. The first-order valence-electron chi connectivity index (χ1n) is 7.51. The monoisotopic (exact) mass is 328 g/mol. The second-order valence-corrected chi connectivity index (χ2v) is 5.10. The molecular weight excluding hydrogens is 308 g/mol. The van der Waals surface area contributed by atoms with Gasteiger partial charge < -0.3 is 20.1 Å². The third-order valence-electron chi connectivity index (χ3n) is 3.23. The number of hydrogen-bond acceptors (Lipinski definition) is 4. The number of carbonyl (C=O) groups is 2. The molecule has 2 rings (SSSR count). The van der Waals surface area contributed by atoms with Crippen molar-refractivity contribution in [2.24, 2.45) is 0 Å². The highest BCUT2D eigenvalue weighted by Gasteiger charge is 2.13. The van der Waals surface area contributed by atoms with Crippen LogP contribution in [0.1, 0.15) is 5.56 Å².